The molecule has 1 fully saturated rings. The number of nitrogens with one attached hydrogen (secondary N) is 5. The maximum Gasteiger partial charge on any atom is 0.326 e. The van der Waals surface area contributed by atoms with Gasteiger partial charge in [-0.15, -0.1) is 0 Å². The van der Waals surface area contributed by atoms with Crippen LogP contribution in [0, 0.1) is 0 Å². The first kappa shape index (κ1) is 35.1. The molecular formula is C23H37N7O10S. The fourth-order valence-electron chi connectivity index (χ4n) is 3.78. The Kier molecular flexibility index (Phi) is 15.1. The van der Waals surface area contributed by atoms with E-state index in [1.165, 1.54) is 0 Å². The molecule has 0 saturated carbocycles. The highest BCUT2D eigenvalue weighted by atomic mass is 32.1. The van der Waals surface area contributed by atoms with Crippen molar-refractivity contribution >= 4 is 60.0 Å². The lowest BCUT2D eigenvalue weighted by atomic mass is 10.1. The first-order valence-electron chi connectivity index (χ1n) is 12.8. The van der Waals surface area contributed by atoms with Crippen molar-refractivity contribution < 1.29 is 48.6 Å². The molecule has 0 radical (unpaired) electrons. The number of hydrogen-bond acceptors (Lipinski definition) is 10. The molecule has 1 heterocycles. The minimum absolute atomic E-state index is 0.0756. The lowest BCUT2D eigenvalue weighted by Crippen LogP contribution is -2.59. The number of carbonyl (C=O) groups is 8. The molecule has 0 aromatic rings. The highest BCUT2D eigenvalue weighted by molar-refractivity contribution is 7.80. The van der Waals surface area contributed by atoms with E-state index in [0.717, 1.165) is 0 Å². The van der Waals surface area contributed by atoms with Crippen LogP contribution in [0.3, 0.4) is 0 Å². The van der Waals surface area contributed by atoms with Crippen LogP contribution >= 0.6 is 12.6 Å². The highest BCUT2D eigenvalue weighted by Gasteiger charge is 2.34. The summed E-state index contributed by atoms with van der Waals surface area (Å²) in [7, 11) is 0. The molecule has 1 aliphatic heterocycles. The van der Waals surface area contributed by atoms with Crippen molar-refractivity contribution in [2.75, 3.05) is 12.3 Å². The lowest BCUT2D eigenvalue weighted by Gasteiger charge is -2.25. The van der Waals surface area contributed by atoms with Crippen LogP contribution in [0.5, 0.6) is 0 Å². The van der Waals surface area contributed by atoms with Crippen molar-refractivity contribution in [2.24, 2.45) is 11.5 Å². The van der Waals surface area contributed by atoms with Gasteiger partial charge in [0, 0.05) is 18.6 Å². The van der Waals surface area contributed by atoms with E-state index in [-0.39, 0.29) is 43.8 Å². The number of amides is 6. The molecule has 18 heteroatoms. The molecule has 230 valence electrons. The molecule has 1 saturated heterocycles. The van der Waals surface area contributed by atoms with Crippen molar-refractivity contribution in [3.63, 3.8) is 0 Å². The number of hydrogen-bond donors (Lipinski definition) is 10. The highest BCUT2D eigenvalue weighted by Crippen LogP contribution is 2.09. The first-order valence-corrected chi connectivity index (χ1v) is 13.5. The normalized spacial score (nSPS) is 17.2. The molecule has 0 spiro atoms. The Bertz CT molecular complexity index is 1010. The van der Waals surface area contributed by atoms with Gasteiger partial charge >= 0.3 is 11.9 Å². The van der Waals surface area contributed by atoms with Crippen molar-refractivity contribution in [2.45, 2.75) is 81.6 Å². The van der Waals surface area contributed by atoms with Gasteiger partial charge in [-0.05, 0) is 38.6 Å². The van der Waals surface area contributed by atoms with E-state index in [9.17, 15) is 48.6 Å². The molecular weight excluding hydrogens is 566 g/mol. The third-order valence-electron chi connectivity index (χ3n) is 6.01. The quantitative estimate of drug-likeness (QED) is 0.0502. The summed E-state index contributed by atoms with van der Waals surface area (Å²) in [6.07, 6.45) is -0.283. The Hall–Kier alpha value is -3.93. The molecule has 0 bridgehead atoms. The summed E-state index contributed by atoms with van der Waals surface area (Å²) < 4.78 is 0. The number of carboxylic acid groups (broad SMARTS) is 2. The largest absolute Gasteiger partial charge is 0.481 e. The number of aliphatic carboxylic acids is 2. The van der Waals surface area contributed by atoms with Gasteiger partial charge in [-0.2, -0.15) is 12.6 Å². The molecule has 1 rings (SSSR count). The van der Waals surface area contributed by atoms with Crippen LogP contribution in [-0.2, 0) is 38.4 Å². The van der Waals surface area contributed by atoms with Crippen LogP contribution < -0.4 is 38.1 Å². The maximum atomic E-state index is 13.0. The lowest BCUT2D eigenvalue weighted by molar-refractivity contribution is -0.143. The van der Waals surface area contributed by atoms with E-state index < -0.39 is 78.1 Å². The zero-order valence-corrected chi connectivity index (χ0v) is 23.1. The summed E-state index contributed by atoms with van der Waals surface area (Å²) in [5.74, 6) is -8.02. The monoisotopic (exact) mass is 603 g/mol. The van der Waals surface area contributed by atoms with Gasteiger partial charge in [0.2, 0.25) is 35.4 Å². The second-order valence-electron chi connectivity index (χ2n) is 9.31. The van der Waals surface area contributed by atoms with E-state index in [1.54, 1.807) is 0 Å². The van der Waals surface area contributed by atoms with Crippen molar-refractivity contribution in [1.29, 1.82) is 0 Å². The molecule has 0 aromatic heterocycles. The molecule has 11 N–H and O–H groups in total. The first-order chi connectivity index (χ1) is 19.3. The molecule has 1 aliphatic rings. The molecule has 0 unspecified atom stereocenters. The summed E-state index contributed by atoms with van der Waals surface area (Å²) in [6.45, 7) is 0.330. The number of nitrogens with two attached hydrogens (primary N) is 2. The number of carbonyl (C=O) groups excluding carboxylic acids is 6. The van der Waals surface area contributed by atoms with Gasteiger partial charge in [-0.25, -0.2) is 4.79 Å². The molecule has 0 aliphatic carbocycles. The SMILES string of the molecule is NCCCC[C@H](NC(=O)[C@H](CS)NC(=O)[C@H](CC(=O)O)NC(=O)[C@H](CCC(N)=O)NC(=O)[C@@H]1CCC(=O)N1)C(=O)O. The average molecular weight is 604 g/mol. The predicted molar refractivity (Wildman–Crippen MR) is 144 cm³/mol. The Labute approximate surface area is 240 Å². The summed E-state index contributed by atoms with van der Waals surface area (Å²) in [5, 5.41) is 30.2. The zero-order valence-electron chi connectivity index (χ0n) is 22.2. The van der Waals surface area contributed by atoms with Gasteiger partial charge in [-0.1, -0.05) is 0 Å². The van der Waals surface area contributed by atoms with E-state index in [2.05, 4.69) is 39.2 Å². The fraction of sp³-hybridized carbons (Fsp3) is 0.652. The summed E-state index contributed by atoms with van der Waals surface area (Å²) in [4.78, 5) is 96.8. The zero-order chi connectivity index (χ0) is 31.1. The fourth-order valence-corrected chi connectivity index (χ4v) is 4.04. The van der Waals surface area contributed by atoms with Gasteiger partial charge < -0.3 is 48.3 Å². The second kappa shape index (κ2) is 17.7. The molecule has 0 aromatic carbocycles. The van der Waals surface area contributed by atoms with Crippen LogP contribution in [0.25, 0.3) is 0 Å². The van der Waals surface area contributed by atoms with Gasteiger partial charge in [0.25, 0.3) is 0 Å². The summed E-state index contributed by atoms with van der Waals surface area (Å²) in [5.41, 5.74) is 10.5. The number of thiol groups is 1. The van der Waals surface area contributed by atoms with E-state index in [0.29, 0.717) is 19.4 Å². The van der Waals surface area contributed by atoms with Crippen LogP contribution in [-0.4, -0.2) is 100 Å². The van der Waals surface area contributed by atoms with Gasteiger partial charge in [0.15, 0.2) is 0 Å². The maximum absolute atomic E-state index is 13.0. The standard InChI is InChI=1S/C23H37N7O10S/c24-8-2-1-3-13(23(39)40)28-22(38)15(10-41)30-21(37)14(9-18(33)34)29-20(36)12(4-6-16(25)31)27-19(35)11-5-7-17(32)26-11/h11-15,41H,1-10,24H2,(H2,25,31)(H,26,32)(H,27,35)(H,28,38)(H,29,36)(H,30,37)(H,33,34)(H,39,40)/t11-,12-,13-,14-,15-/m0/s1. The van der Waals surface area contributed by atoms with Crippen LogP contribution in [0.1, 0.15) is 51.4 Å². The average Bonchev–Trinajstić information content (AvgIpc) is 3.34. The van der Waals surface area contributed by atoms with Gasteiger partial charge in [0.05, 0.1) is 6.42 Å². The molecule has 6 amide bonds. The predicted octanol–water partition coefficient (Wildman–Crippen LogP) is -3.91. The smallest absolute Gasteiger partial charge is 0.326 e. The van der Waals surface area contributed by atoms with Gasteiger partial charge in [-0.3, -0.25) is 33.6 Å². The topological polar surface area (TPSA) is 289 Å². The Morgan fingerprint density at radius 2 is 1.46 bits per heavy atom. The van der Waals surface area contributed by atoms with Crippen LogP contribution in [0.15, 0.2) is 0 Å². The van der Waals surface area contributed by atoms with E-state index in [4.69, 9.17) is 11.5 Å². The van der Waals surface area contributed by atoms with Crippen molar-refractivity contribution in [1.82, 2.24) is 26.6 Å². The summed E-state index contributed by atoms with van der Waals surface area (Å²) >= 11 is 4.00. The number of carboxylic acids is 2. The third-order valence-corrected chi connectivity index (χ3v) is 6.38. The minimum atomic E-state index is -1.74. The number of primary amides is 1. The van der Waals surface area contributed by atoms with Crippen molar-refractivity contribution in [3.8, 4) is 0 Å². The molecule has 5 atom stereocenters. The number of unbranched alkanes of at least 4 members (excludes halogenated alkanes) is 1. The van der Waals surface area contributed by atoms with Crippen molar-refractivity contribution in [3.05, 3.63) is 0 Å². The van der Waals surface area contributed by atoms with Crippen LogP contribution in [0.2, 0.25) is 0 Å². The van der Waals surface area contributed by atoms with E-state index in [1.807, 2.05) is 0 Å². The van der Waals surface area contributed by atoms with E-state index >= 15 is 0 Å². The third kappa shape index (κ3) is 12.9. The Morgan fingerprint density at radius 1 is 0.878 bits per heavy atom. The minimum Gasteiger partial charge on any atom is -0.481 e. The Morgan fingerprint density at radius 3 is 1.98 bits per heavy atom. The van der Waals surface area contributed by atoms with Gasteiger partial charge in [0.1, 0.15) is 30.2 Å². The molecule has 17 nitrogen and oxygen atoms in total. The molecule has 41 heavy (non-hydrogen) atoms. The second-order valence-corrected chi connectivity index (χ2v) is 9.68. The summed E-state index contributed by atoms with van der Waals surface area (Å²) in [6, 6.07) is -6.77. The van der Waals surface area contributed by atoms with Crippen LogP contribution in [0.4, 0.5) is 0 Å². The Balaban J connectivity index is 2.98. The number of rotatable bonds is 19.